The van der Waals surface area contributed by atoms with E-state index in [9.17, 15) is 4.79 Å². The Morgan fingerprint density at radius 3 is 2.55 bits per heavy atom. The van der Waals surface area contributed by atoms with Gasteiger partial charge < -0.3 is 5.32 Å². The van der Waals surface area contributed by atoms with Gasteiger partial charge in [0.05, 0.1) is 6.04 Å². The van der Waals surface area contributed by atoms with Crippen LogP contribution in [0.2, 0.25) is 0 Å². The van der Waals surface area contributed by atoms with Crippen LogP contribution in [0, 0.1) is 5.92 Å². The minimum atomic E-state index is 0.0851. The average molecular weight is 338 g/mol. The van der Waals surface area contributed by atoms with Gasteiger partial charge in [-0.15, -0.1) is 0 Å². The lowest BCUT2D eigenvalue weighted by Gasteiger charge is -2.21. The Morgan fingerprint density at radius 1 is 1.25 bits per heavy atom. The van der Waals surface area contributed by atoms with Gasteiger partial charge in [0.1, 0.15) is 0 Å². The van der Waals surface area contributed by atoms with E-state index in [1.165, 1.54) is 32.1 Å². The van der Waals surface area contributed by atoms with Crippen molar-refractivity contribution in [2.45, 2.75) is 57.9 Å². The Morgan fingerprint density at radius 2 is 1.90 bits per heavy atom. The first-order valence-electron chi connectivity index (χ1n) is 7.70. The van der Waals surface area contributed by atoms with Crippen LogP contribution in [0.5, 0.6) is 0 Å². The molecular formula is C17H24BrNO. The number of nitrogens with one attached hydrogen (secondary N) is 1. The minimum absolute atomic E-state index is 0.0851. The predicted octanol–water partition coefficient (Wildman–Crippen LogP) is 4.99. The molecule has 0 radical (unpaired) electrons. The number of rotatable bonds is 5. The fourth-order valence-corrected chi connectivity index (χ4v) is 3.22. The summed E-state index contributed by atoms with van der Waals surface area (Å²) in [6, 6.07) is 8.22. The van der Waals surface area contributed by atoms with Crippen molar-refractivity contribution in [2.24, 2.45) is 5.92 Å². The van der Waals surface area contributed by atoms with E-state index in [1.807, 2.05) is 19.1 Å². The molecule has 1 atom stereocenters. The van der Waals surface area contributed by atoms with Crippen molar-refractivity contribution in [1.82, 2.24) is 5.32 Å². The van der Waals surface area contributed by atoms with Crippen LogP contribution in [0.1, 0.15) is 63.5 Å². The summed E-state index contributed by atoms with van der Waals surface area (Å²) in [6.07, 6.45) is 8.43. The van der Waals surface area contributed by atoms with Gasteiger partial charge in [0.2, 0.25) is 5.91 Å². The van der Waals surface area contributed by atoms with Gasteiger partial charge in [-0.2, -0.15) is 0 Å². The lowest BCUT2D eigenvalue weighted by atomic mass is 9.86. The second-order valence-electron chi connectivity index (χ2n) is 5.88. The molecule has 0 spiro atoms. The molecule has 1 saturated carbocycles. The van der Waals surface area contributed by atoms with Crippen molar-refractivity contribution in [2.75, 3.05) is 0 Å². The van der Waals surface area contributed by atoms with Gasteiger partial charge in [-0.25, -0.2) is 0 Å². The largest absolute Gasteiger partial charge is 0.350 e. The highest BCUT2D eigenvalue weighted by Crippen LogP contribution is 2.27. The molecule has 0 aromatic heterocycles. The van der Waals surface area contributed by atoms with Gasteiger partial charge in [-0.1, -0.05) is 60.2 Å². The van der Waals surface area contributed by atoms with Crippen LogP contribution < -0.4 is 5.32 Å². The van der Waals surface area contributed by atoms with Gasteiger partial charge in [0, 0.05) is 10.9 Å². The summed E-state index contributed by atoms with van der Waals surface area (Å²) in [5.74, 6) is 0.962. The number of benzene rings is 1. The maximum atomic E-state index is 12.0. The van der Waals surface area contributed by atoms with E-state index in [0.29, 0.717) is 6.42 Å². The molecule has 3 heteroatoms. The zero-order chi connectivity index (χ0) is 14.4. The van der Waals surface area contributed by atoms with Crippen molar-refractivity contribution >= 4 is 21.8 Å². The molecule has 0 aliphatic heterocycles. The van der Waals surface area contributed by atoms with Crippen molar-refractivity contribution in [3.05, 3.63) is 34.3 Å². The van der Waals surface area contributed by atoms with Crippen molar-refractivity contribution in [3.8, 4) is 0 Å². The first kappa shape index (κ1) is 15.6. The number of carbonyl (C=O) groups is 1. The molecular weight excluding hydrogens is 314 g/mol. The lowest BCUT2D eigenvalue weighted by Crippen LogP contribution is -2.27. The lowest BCUT2D eigenvalue weighted by molar-refractivity contribution is -0.122. The molecule has 1 unspecified atom stereocenters. The second kappa shape index (κ2) is 7.82. The van der Waals surface area contributed by atoms with E-state index in [0.717, 1.165) is 22.4 Å². The molecule has 1 amide bonds. The van der Waals surface area contributed by atoms with E-state index >= 15 is 0 Å². The molecule has 0 saturated heterocycles. The van der Waals surface area contributed by atoms with Crippen LogP contribution in [0.25, 0.3) is 0 Å². The minimum Gasteiger partial charge on any atom is -0.350 e. The summed E-state index contributed by atoms with van der Waals surface area (Å²) < 4.78 is 1.07. The SMILES string of the molecule is CC(NC(=O)CCC1CCCCC1)c1ccc(Br)cc1. The molecule has 0 heterocycles. The highest BCUT2D eigenvalue weighted by molar-refractivity contribution is 9.10. The Hall–Kier alpha value is -0.830. The fraction of sp³-hybridized carbons (Fsp3) is 0.588. The fourth-order valence-electron chi connectivity index (χ4n) is 2.96. The predicted molar refractivity (Wildman–Crippen MR) is 86.5 cm³/mol. The first-order valence-corrected chi connectivity index (χ1v) is 8.49. The molecule has 1 N–H and O–H groups in total. The summed E-state index contributed by atoms with van der Waals surface area (Å²) in [4.78, 5) is 12.0. The van der Waals surface area contributed by atoms with E-state index < -0.39 is 0 Å². The third kappa shape index (κ3) is 4.93. The molecule has 2 nitrogen and oxygen atoms in total. The topological polar surface area (TPSA) is 29.1 Å². The number of hydrogen-bond donors (Lipinski definition) is 1. The third-order valence-corrected chi connectivity index (χ3v) is 4.78. The normalized spacial score (nSPS) is 17.7. The monoisotopic (exact) mass is 337 g/mol. The van der Waals surface area contributed by atoms with E-state index in [4.69, 9.17) is 0 Å². The van der Waals surface area contributed by atoms with E-state index in [-0.39, 0.29) is 11.9 Å². The molecule has 1 aliphatic carbocycles. The number of halogens is 1. The zero-order valence-electron chi connectivity index (χ0n) is 12.2. The van der Waals surface area contributed by atoms with Crippen molar-refractivity contribution < 1.29 is 4.79 Å². The van der Waals surface area contributed by atoms with Gasteiger partial charge >= 0.3 is 0 Å². The van der Waals surface area contributed by atoms with Gasteiger partial charge in [-0.05, 0) is 37.0 Å². The van der Waals surface area contributed by atoms with Crippen LogP contribution in [0.4, 0.5) is 0 Å². The summed E-state index contributed by atoms with van der Waals surface area (Å²) in [6.45, 7) is 2.04. The Kier molecular flexibility index (Phi) is 6.08. The van der Waals surface area contributed by atoms with Crippen LogP contribution in [0.15, 0.2) is 28.7 Å². The Balaban J connectivity index is 1.74. The second-order valence-corrected chi connectivity index (χ2v) is 6.80. The summed E-state index contributed by atoms with van der Waals surface area (Å²) in [5, 5.41) is 3.10. The van der Waals surface area contributed by atoms with Crippen LogP contribution >= 0.6 is 15.9 Å². The Labute approximate surface area is 130 Å². The summed E-state index contributed by atoms with van der Waals surface area (Å²) >= 11 is 3.43. The van der Waals surface area contributed by atoms with E-state index in [2.05, 4.69) is 33.4 Å². The number of carbonyl (C=O) groups excluding carboxylic acids is 1. The molecule has 2 rings (SSSR count). The summed E-state index contributed by atoms with van der Waals surface area (Å²) in [5.41, 5.74) is 1.15. The summed E-state index contributed by atoms with van der Waals surface area (Å²) in [7, 11) is 0. The zero-order valence-corrected chi connectivity index (χ0v) is 13.8. The van der Waals surface area contributed by atoms with Gasteiger partial charge in [0.15, 0.2) is 0 Å². The first-order chi connectivity index (χ1) is 9.65. The molecule has 1 aromatic rings. The molecule has 1 aliphatic rings. The highest BCUT2D eigenvalue weighted by atomic mass is 79.9. The number of hydrogen-bond acceptors (Lipinski definition) is 1. The Bertz CT molecular complexity index is 423. The van der Waals surface area contributed by atoms with Gasteiger partial charge in [-0.3, -0.25) is 4.79 Å². The third-order valence-electron chi connectivity index (χ3n) is 4.25. The smallest absolute Gasteiger partial charge is 0.220 e. The standard InChI is InChI=1S/C17H24BrNO/c1-13(15-8-10-16(18)11-9-15)19-17(20)12-7-14-5-3-2-4-6-14/h8-11,13-14H,2-7,12H2,1H3,(H,19,20). The molecule has 1 aromatic carbocycles. The molecule has 1 fully saturated rings. The highest BCUT2D eigenvalue weighted by Gasteiger charge is 2.16. The maximum Gasteiger partial charge on any atom is 0.220 e. The van der Waals surface area contributed by atoms with Crippen molar-refractivity contribution in [3.63, 3.8) is 0 Å². The van der Waals surface area contributed by atoms with E-state index in [1.54, 1.807) is 0 Å². The number of amides is 1. The molecule has 110 valence electrons. The quantitative estimate of drug-likeness (QED) is 0.805. The molecule has 20 heavy (non-hydrogen) atoms. The van der Waals surface area contributed by atoms with Gasteiger partial charge in [0.25, 0.3) is 0 Å². The maximum absolute atomic E-state index is 12.0. The van der Waals surface area contributed by atoms with Crippen LogP contribution in [-0.2, 0) is 4.79 Å². The van der Waals surface area contributed by atoms with Crippen LogP contribution in [-0.4, -0.2) is 5.91 Å². The molecule has 0 bridgehead atoms. The van der Waals surface area contributed by atoms with Crippen LogP contribution in [0.3, 0.4) is 0 Å². The van der Waals surface area contributed by atoms with Crippen molar-refractivity contribution in [1.29, 1.82) is 0 Å². The average Bonchev–Trinajstić information content (AvgIpc) is 2.47.